The van der Waals surface area contributed by atoms with Crippen LogP contribution < -0.4 is 0 Å². The Labute approximate surface area is 101 Å². The maximum atomic E-state index is 10.3. The Balaban J connectivity index is 4.28. The first-order valence-electron chi connectivity index (χ1n) is 6.23. The van der Waals surface area contributed by atoms with Crippen LogP contribution in [0.4, 0.5) is 0 Å². The van der Waals surface area contributed by atoms with E-state index in [1.165, 1.54) is 0 Å². The van der Waals surface area contributed by atoms with Crippen LogP contribution in [0, 0.1) is 11.8 Å². The molecule has 98 valence electrons. The molecule has 0 aliphatic rings. The fourth-order valence-electron chi connectivity index (χ4n) is 1.61. The fourth-order valence-corrected chi connectivity index (χ4v) is 1.61. The summed E-state index contributed by atoms with van der Waals surface area (Å²) in [4.78, 5) is 2.29. The number of nitrogens with zero attached hydrogens (tertiary/aromatic N) is 1. The normalized spacial score (nSPS) is 16.1. The van der Waals surface area contributed by atoms with Crippen molar-refractivity contribution >= 4 is 0 Å². The van der Waals surface area contributed by atoms with Gasteiger partial charge in [0.15, 0.2) is 0 Å². The molecule has 1 atom stereocenters. The van der Waals surface area contributed by atoms with E-state index in [-0.39, 0.29) is 5.92 Å². The van der Waals surface area contributed by atoms with Crippen LogP contribution in [0.5, 0.6) is 0 Å². The molecule has 0 aromatic carbocycles. The van der Waals surface area contributed by atoms with Crippen LogP contribution in [0.15, 0.2) is 0 Å². The molecule has 0 bridgehead atoms. The molecule has 0 saturated heterocycles. The van der Waals surface area contributed by atoms with Gasteiger partial charge in [-0.25, -0.2) is 0 Å². The van der Waals surface area contributed by atoms with E-state index in [1.54, 1.807) is 7.11 Å². The fraction of sp³-hybridized carbons (Fsp3) is 1.00. The molecule has 0 aromatic heterocycles. The zero-order valence-corrected chi connectivity index (χ0v) is 11.8. The summed E-state index contributed by atoms with van der Waals surface area (Å²) in [5.74, 6) is 0.879. The summed E-state index contributed by atoms with van der Waals surface area (Å²) in [6.45, 7) is 13.8. The Morgan fingerprint density at radius 3 is 2.19 bits per heavy atom. The molecule has 16 heavy (non-hydrogen) atoms. The van der Waals surface area contributed by atoms with Crippen LogP contribution in [0.2, 0.25) is 0 Å². The van der Waals surface area contributed by atoms with E-state index in [4.69, 9.17) is 4.74 Å². The van der Waals surface area contributed by atoms with E-state index in [9.17, 15) is 5.11 Å². The van der Waals surface area contributed by atoms with Gasteiger partial charge in [-0.2, -0.15) is 0 Å². The molecule has 0 aromatic rings. The minimum absolute atomic E-state index is 0.268. The Morgan fingerprint density at radius 1 is 1.25 bits per heavy atom. The second-order valence-corrected chi connectivity index (χ2v) is 5.63. The highest BCUT2D eigenvalue weighted by Gasteiger charge is 2.27. The summed E-state index contributed by atoms with van der Waals surface area (Å²) in [6.07, 6.45) is 0. The van der Waals surface area contributed by atoms with Gasteiger partial charge < -0.3 is 9.84 Å². The SMILES string of the molecule is COCCN(CC(C)C)CC(C)(O)C(C)C. The van der Waals surface area contributed by atoms with E-state index >= 15 is 0 Å². The Bertz CT molecular complexity index is 179. The quantitative estimate of drug-likeness (QED) is 0.693. The lowest BCUT2D eigenvalue weighted by molar-refractivity contribution is -0.0254. The number of rotatable bonds is 8. The Kier molecular flexibility index (Phi) is 7.20. The lowest BCUT2D eigenvalue weighted by Gasteiger charge is -2.35. The van der Waals surface area contributed by atoms with Crippen molar-refractivity contribution in [2.45, 2.75) is 40.2 Å². The summed E-state index contributed by atoms with van der Waals surface area (Å²) in [6, 6.07) is 0. The first kappa shape index (κ1) is 15.9. The molecule has 1 N–H and O–H groups in total. The number of methoxy groups -OCH3 is 1. The Hall–Kier alpha value is -0.120. The summed E-state index contributed by atoms with van der Waals surface area (Å²) in [7, 11) is 1.72. The van der Waals surface area contributed by atoms with Crippen molar-refractivity contribution in [1.82, 2.24) is 4.90 Å². The standard InChI is InChI=1S/C13H29NO2/c1-11(2)9-14(7-8-16-6)10-13(5,15)12(3)4/h11-12,15H,7-10H2,1-6H3. The predicted octanol–water partition coefficient (Wildman–Crippen LogP) is 2.00. The molecule has 0 aliphatic heterocycles. The van der Waals surface area contributed by atoms with Crippen LogP contribution in [0.25, 0.3) is 0 Å². The van der Waals surface area contributed by atoms with Crippen LogP contribution in [-0.4, -0.2) is 49.0 Å². The van der Waals surface area contributed by atoms with E-state index in [0.717, 1.165) is 19.7 Å². The molecular formula is C13H29NO2. The van der Waals surface area contributed by atoms with Gasteiger partial charge in [-0.15, -0.1) is 0 Å². The van der Waals surface area contributed by atoms with Crippen molar-refractivity contribution in [3.63, 3.8) is 0 Å². The summed E-state index contributed by atoms with van der Waals surface area (Å²) >= 11 is 0. The monoisotopic (exact) mass is 231 g/mol. The van der Waals surface area contributed by atoms with Gasteiger partial charge >= 0.3 is 0 Å². The molecule has 0 aliphatic carbocycles. The molecule has 0 rings (SSSR count). The molecule has 3 nitrogen and oxygen atoms in total. The molecule has 0 heterocycles. The molecule has 0 radical (unpaired) electrons. The minimum Gasteiger partial charge on any atom is -0.389 e. The van der Waals surface area contributed by atoms with E-state index in [1.807, 2.05) is 6.92 Å². The van der Waals surface area contributed by atoms with Crippen molar-refractivity contribution in [3.8, 4) is 0 Å². The van der Waals surface area contributed by atoms with Crippen molar-refractivity contribution in [1.29, 1.82) is 0 Å². The second kappa shape index (κ2) is 7.25. The third-order valence-electron chi connectivity index (χ3n) is 3.02. The first-order chi connectivity index (χ1) is 7.29. The van der Waals surface area contributed by atoms with E-state index in [0.29, 0.717) is 12.5 Å². The molecule has 3 heteroatoms. The van der Waals surface area contributed by atoms with Crippen molar-refractivity contribution < 1.29 is 9.84 Å². The zero-order chi connectivity index (χ0) is 12.8. The highest BCUT2D eigenvalue weighted by Crippen LogP contribution is 2.18. The molecule has 0 amide bonds. The maximum Gasteiger partial charge on any atom is 0.0768 e. The maximum absolute atomic E-state index is 10.3. The summed E-state index contributed by atoms with van der Waals surface area (Å²) in [5.41, 5.74) is -0.622. The average molecular weight is 231 g/mol. The molecule has 0 saturated carbocycles. The van der Waals surface area contributed by atoms with Crippen molar-refractivity contribution in [3.05, 3.63) is 0 Å². The lowest BCUT2D eigenvalue weighted by Crippen LogP contribution is -2.46. The van der Waals surface area contributed by atoms with Crippen molar-refractivity contribution in [2.24, 2.45) is 11.8 Å². The predicted molar refractivity (Wildman–Crippen MR) is 68.6 cm³/mol. The van der Waals surface area contributed by atoms with Crippen molar-refractivity contribution in [2.75, 3.05) is 33.4 Å². The van der Waals surface area contributed by atoms with E-state index in [2.05, 4.69) is 32.6 Å². The molecular weight excluding hydrogens is 202 g/mol. The van der Waals surface area contributed by atoms with Crippen LogP contribution in [-0.2, 0) is 4.74 Å². The second-order valence-electron chi connectivity index (χ2n) is 5.63. The van der Waals surface area contributed by atoms with Gasteiger partial charge in [-0.3, -0.25) is 4.90 Å². The number of hydrogen-bond donors (Lipinski definition) is 1. The largest absolute Gasteiger partial charge is 0.389 e. The minimum atomic E-state index is -0.622. The van der Waals surface area contributed by atoms with Gasteiger partial charge in [-0.1, -0.05) is 27.7 Å². The molecule has 1 unspecified atom stereocenters. The summed E-state index contributed by atoms with van der Waals surface area (Å²) in [5, 5.41) is 10.3. The third-order valence-corrected chi connectivity index (χ3v) is 3.02. The van der Waals surface area contributed by atoms with Gasteiger partial charge in [0, 0.05) is 26.7 Å². The van der Waals surface area contributed by atoms with Gasteiger partial charge in [0.25, 0.3) is 0 Å². The number of hydrogen-bond acceptors (Lipinski definition) is 3. The summed E-state index contributed by atoms with van der Waals surface area (Å²) < 4.78 is 5.11. The van der Waals surface area contributed by atoms with Crippen LogP contribution in [0.3, 0.4) is 0 Å². The topological polar surface area (TPSA) is 32.7 Å². The smallest absolute Gasteiger partial charge is 0.0768 e. The average Bonchev–Trinajstić information content (AvgIpc) is 2.12. The van der Waals surface area contributed by atoms with Gasteiger partial charge in [0.1, 0.15) is 0 Å². The third kappa shape index (κ3) is 6.46. The highest BCUT2D eigenvalue weighted by atomic mass is 16.5. The van der Waals surface area contributed by atoms with Crippen LogP contribution >= 0.6 is 0 Å². The van der Waals surface area contributed by atoms with Gasteiger partial charge in [0.05, 0.1) is 12.2 Å². The lowest BCUT2D eigenvalue weighted by atomic mass is 9.91. The van der Waals surface area contributed by atoms with Gasteiger partial charge in [0.2, 0.25) is 0 Å². The first-order valence-corrected chi connectivity index (χ1v) is 6.23. The zero-order valence-electron chi connectivity index (χ0n) is 11.8. The number of aliphatic hydroxyl groups is 1. The molecule has 0 spiro atoms. The Morgan fingerprint density at radius 2 is 1.81 bits per heavy atom. The molecule has 0 fully saturated rings. The van der Waals surface area contributed by atoms with Gasteiger partial charge in [-0.05, 0) is 18.8 Å². The van der Waals surface area contributed by atoms with Crippen LogP contribution in [0.1, 0.15) is 34.6 Å². The van der Waals surface area contributed by atoms with E-state index < -0.39 is 5.60 Å². The highest BCUT2D eigenvalue weighted by molar-refractivity contribution is 4.81. The number of ether oxygens (including phenoxy) is 1.